The summed E-state index contributed by atoms with van der Waals surface area (Å²) >= 11 is 0. The minimum atomic E-state index is 0. The van der Waals surface area contributed by atoms with Gasteiger partial charge in [0, 0.05) is 50.7 Å². The Labute approximate surface area is 154 Å². The van der Waals surface area contributed by atoms with Gasteiger partial charge in [0.05, 0.1) is 6.61 Å². The summed E-state index contributed by atoms with van der Waals surface area (Å²) < 4.78 is 7.55. The van der Waals surface area contributed by atoms with Crippen LogP contribution in [0.25, 0.3) is 0 Å². The Morgan fingerprint density at radius 1 is 1.12 bits per heavy atom. The molecule has 6 nitrogen and oxygen atoms in total. The lowest BCUT2D eigenvalue weighted by molar-refractivity contribution is 0.0746. The number of piperazine rings is 1. The summed E-state index contributed by atoms with van der Waals surface area (Å²) in [6.07, 6.45) is 3.82. The number of hydrogen-bond donors (Lipinski definition) is 0. The molecule has 0 saturated carbocycles. The van der Waals surface area contributed by atoms with E-state index in [4.69, 9.17) is 4.74 Å². The maximum Gasteiger partial charge on any atom is 0.253 e. The van der Waals surface area contributed by atoms with Gasteiger partial charge in [0.2, 0.25) is 5.95 Å². The molecule has 1 aromatic carbocycles. The highest BCUT2D eigenvalue weighted by atomic mass is 35.5. The van der Waals surface area contributed by atoms with Crippen molar-refractivity contribution in [1.82, 2.24) is 14.5 Å². The molecule has 1 amide bonds. The van der Waals surface area contributed by atoms with Gasteiger partial charge in [-0.2, -0.15) is 0 Å². The molecule has 0 bridgehead atoms. The number of ether oxygens (including phenoxy) is 1. The molecule has 3 rings (SSSR count). The van der Waals surface area contributed by atoms with Crippen molar-refractivity contribution in [3.05, 3.63) is 42.2 Å². The van der Waals surface area contributed by atoms with Crippen molar-refractivity contribution in [1.29, 1.82) is 0 Å². The normalized spacial score (nSPS) is 14.2. The minimum Gasteiger partial charge on any atom is -0.494 e. The van der Waals surface area contributed by atoms with Crippen LogP contribution in [0.2, 0.25) is 0 Å². The zero-order valence-corrected chi connectivity index (χ0v) is 15.5. The molecule has 25 heavy (non-hydrogen) atoms. The maximum atomic E-state index is 12.6. The van der Waals surface area contributed by atoms with E-state index >= 15 is 0 Å². The van der Waals surface area contributed by atoms with Crippen LogP contribution < -0.4 is 9.64 Å². The fourth-order valence-electron chi connectivity index (χ4n) is 2.98. The highest BCUT2D eigenvalue weighted by molar-refractivity contribution is 5.94. The molecule has 2 heterocycles. The molecule has 0 N–H and O–H groups in total. The van der Waals surface area contributed by atoms with Crippen LogP contribution >= 0.6 is 12.4 Å². The number of nitrogens with zero attached hydrogens (tertiary/aromatic N) is 4. The summed E-state index contributed by atoms with van der Waals surface area (Å²) in [5.41, 5.74) is 0.710. The number of benzene rings is 1. The molecule has 1 fully saturated rings. The average Bonchev–Trinajstić information content (AvgIpc) is 3.11. The van der Waals surface area contributed by atoms with Crippen molar-refractivity contribution in [3.63, 3.8) is 0 Å². The maximum absolute atomic E-state index is 12.6. The summed E-state index contributed by atoms with van der Waals surface area (Å²) in [4.78, 5) is 21.2. The molecule has 1 aliphatic rings. The van der Waals surface area contributed by atoms with Gasteiger partial charge in [-0.1, -0.05) is 0 Å². The molecule has 1 aromatic heterocycles. The van der Waals surface area contributed by atoms with Crippen LogP contribution in [0.5, 0.6) is 5.75 Å². The monoisotopic (exact) mass is 364 g/mol. The van der Waals surface area contributed by atoms with Crippen LogP contribution in [0.1, 0.15) is 24.2 Å². The van der Waals surface area contributed by atoms with Crippen LogP contribution in [-0.2, 0) is 6.54 Å². The van der Waals surface area contributed by atoms with Gasteiger partial charge >= 0.3 is 0 Å². The summed E-state index contributed by atoms with van der Waals surface area (Å²) in [6, 6.07) is 7.38. The minimum absolute atomic E-state index is 0. The number of amides is 1. The molecule has 0 atom stereocenters. The van der Waals surface area contributed by atoms with E-state index in [0.717, 1.165) is 31.3 Å². The zero-order chi connectivity index (χ0) is 16.9. The van der Waals surface area contributed by atoms with E-state index in [1.54, 1.807) is 0 Å². The number of hydrogen-bond acceptors (Lipinski definition) is 4. The first-order valence-corrected chi connectivity index (χ1v) is 8.51. The Balaban J connectivity index is 0.00000225. The van der Waals surface area contributed by atoms with Gasteiger partial charge in [-0.25, -0.2) is 4.98 Å². The third-order valence-electron chi connectivity index (χ3n) is 4.30. The van der Waals surface area contributed by atoms with E-state index in [9.17, 15) is 4.79 Å². The molecule has 2 aromatic rings. The van der Waals surface area contributed by atoms with Crippen LogP contribution in [0, 0.1) is 0 Å². The molecule has 1 aliphatic heterocycles. The molecular formula is C18H25ClN4O2. The molecule has 0 radical (unpaired) electrons. The van der Waals surface area contributed by atoms with Crippen molar-refractivity contribution < 1.29 is 9.53 Å². The molecule has 0 aliphatic carbocycles. The summed E-state index contributed by atoms with van der Waals surface area (Å²) in [6.45, 7) is 8.62. The van der Waals surface area contributed by atoms with Gasteiger partial charge in [0.1, 0.15) is 5.75 Å². The second kappa shape index (κ2) is 8.76. The molecule has 1 saturated heterocycles. The standard InChI is InChI=1S/C18H24N4O2.ClH/c1-3-20-10-9-19-18(20)22-13-11-21(12-14-22)17(23)15-5-7-16(8-6-15)24-4-2;/h5-10H,3-4,11-14H2,1-2H3;1H. The molecule has 136 valence electrons. The second-order valence-electron chi connectivity index (χ2n) is 5.75. The number of anilines is 1. The number of carbonyl (C=O) groups is 1. The van der Waals surface area contributed by atoms with Gasteiger partial charge in [0.25, 0.3) is 5.91 Å². The SMILES string of the molecule is CCOc1ccc(C(=O)N2CCN(c3nccn3CC)CC2)cc1.Cl. The predicted molar refractivity (Wildman–Crippen MR) is 101 cm³/mol. The summed E-state index contributed by atoms with van der Waals surface area (Å²) in [7, 11) is 0. The van der Waals surface area contributed by atoms with Crippen LogP contribution in [0.15, 0.2) is 36.7 Å². The third kappa shape index (κ3) is 4.25. The highest BCUT2D eigenvalue weighted by Gasteiger charge is 2.24. The zero-order valence-electron chi connectivity index (χ0n) is 14.7. The smallest absolute Gasteiger partial charge is 0.253 e. The van der Waals surface area contributed by atoms with Crippen molar-refractivity contribution in [2.45, 2.75) is 20.4 Å². The summed E-state index contributed by atoms with van der Waals surface area (Å²) in [5.74, 6) is 1.87. The Morgan fingerprint density at radius 2 is 1.80 bits per heavy atom. The number of imidazole rings is 1. The molecule has 0 unspecified atom stereocenters. The predicted octanol–water partition coefficient (Wildman–Crippen LogP) is 2.69. The highest BCUT2D eigenvalue weighted by Crippen LogP contribution is 2.17. The Kier molecular flexibility index (Phi) is 6.70. The average molecular weight is 365 g/mol. The number of rotatable bonds is 5. The van der Waals surface area contributed by atoms with E-state index in [2.05, 4.69) is 21.4 Å². The first-order valence-electron chi connectivity index (χ1n) is 8.51. The van der Waals surface area contributed by atoms with Gasteiger partial charge in [0.15, 0.2) is 0 Å². The number of aryl methyl sites for hydroxylation is 1. The van der Waals surface area contributed by atoms with Crippen molar-refractivity contribution in [2.75, 3.05) is 37.7 Å². The Morgan fingerprint density at radius 3 is 2.40 bits per heavy atom. The second-order valence-corrected chi connectivity index (χ2v) is 5.75. The molecular weight excluding hydrogens is 340 g/mol. The molecule has 7 heteroatoms. The fourth-order valence-corrected chi connectivity index (χ4v) is 2.98. The van der Waals surface area contributed by atoms with E-state index in [0.29, 0.717) is 25.3 Å². The van der Waals surface area contributed by atoms with E-state index in [1.807, 2.05) is 48.5 Å². The van der Waals surface area contributed by atoms with Crippen LogP contribution in [0.4, 0.5) is 5.95 Å². The first kappa shape index (κ1) is 19.1. The Bertz CT molecular complexity index is 679. The van der Waals surface area contributed by atoms with E-state index in [-0.39, 0.29) is 18.3 Å². The lowest BCUT2D eigenvalue weighted by Gasteiger charge is -2.35. The topological polar surface area (TPSA) is 50.6 Å². The largest absolute Gasteiger partial charge is 0.494 e. The number of halogens is 1. The summed E-state index contributed by atoms with van der Waals surface area (Å²) in [5, 5.41) is 0. The van der Waals surface area contributed by atoms with Gasteiger partial charge < -0.3 is 19.1 Å². The van der Waals surface area contributed by atoms with Crippen LogP contribution in [0.3, 0.4) is 0 Å². The third-order valence-corrected chi connectivity index (χ3v) is 4.30. The van der Waals surface area contributed by atoms with Gasteiger partial charge in [-0.3, -0.25) is 4.79 Å². The van der Waals surface area contributed by atoms with E-state index in [1.165, 1.54) is 0 Å². The van der Waals surface area contributed by atoms with Gasteiger partial charge in [-0.05, 0) is 38.1 Å². The van der Waals surface area contributed by atoms with Crippen LogP contribution in [-0.4, -0.2) is 53.1 Å². The number of carbonyl (C=O) groups excluding carboxylic acids is 1. The fraction of sp³-hybridized carbons (Fsp3) is 0.444. The van der Waals surface area contributed by atoms with E-state index < -0.39 is 0 Å². The number of aromatic nitrogens is 2. The molecule has 0 spiro atoms. The van der Waals surface area contributed by atoms with Gasteiger partial charge in [-0.15, -0.1) is 12.4 Å². The van der Waals surface area contributed by atoms with Crippen molar-refractivity contribution >= 4 is 24.3 Å². The Hall–Kier alpha value is -2.21. The lowest BCUT2D eigenvalue weighted by Crippen LogP contribution is -2.49. The first-order chi connectivity index (χ1) is 11.7. The van der Waals surface area contributed by atoms with Crippen molar-refractivity contribution in [3.8, 4) is 5.75 Å². The quantitative estimate of drug-likeness (QED) is 0.818. The lowest BCUT2D eigenvalue weighted by atomic mass is 10.1. The van der Waals surface area contributed by atoms with Crippen molar-refractivity contribution in [2.24, 2.45) is 0 Å².